The van der Waals surface area contributed by atoms with E-state index in [0.29, 0.717) is 5.95 Å². The van der Waals surface area contributed by atoms with Crippen LogP contribution >= 0.6 is 11.3 Å². The molecule has 1 aliphatic carbocycles. The lowest BCUT2D eigenvalue weighted by Gasteiger charge is -2.27. The van der Waals surface area contributed by atoms with Crippen LogP contribution in [-0.4, -0.2) is 35.3 Å². The fraction of sp³-hybridized carbons (Fsp3) is 0.600. The molecule has 0 aliphatic heterocycles. The second-order valence-corrected chi connectivity index (χ2v) is 7.18. The molecule has 3 rings (SSSR count). The second kappa shape index (κ2) is 5.77. The van der Waals surface area contributed by atoms with Crippen molar-refractivity contribution in [2.24, 2.45) is 5.41 Å². The first-order valence-electron chi connectivity index (χ1n) is 7.46. The van der Waals surface area contributed by atoms with E-state index in [1.54, 1.807) is 11.3 Å². The molecule has 1 fully saturated rings. The van der Waals surface area contributed by atoms with Gasteiger partial charge in [0.05, 0.1) is 12.0 Å². The van der Waals surface area contributed by atoms with Gasteiger partial charge < -0.3 is 15.7 Å². The van der Waals surface area contributed by atoms with Gasteiger partial charge in [0.1, 0.15) is 10.6 Å². The standard InChI is InChI=1S/C15H22N4OS/c1-10-7-11-12(18-14(16-2)19-13(11)21-10)17-8-15(9-20)5-3-4-6-15/h7,20H,3-6,8-9H2,1-2H3,(H2,16,17,18,19). The number of aryl methyl sites for hydroxylation is 1. The summed E-state index contributed by atoms with van der Waals surface area (Å²) < 4.78 is 0. The lowest BCUT2D eigenvalue weighted by Crippen LogP contribution is -2.30. The van der Waals surface area contributed by atoms with Crippen LogP contribution in [0.2, 0.25) is 0 Å². The van der Waals surface area contributed by atoms with Crippen molar-refractivity contribution in [1.82, 2.24) is 9.97 Å². The first-order chi connectivity index (χ1) is 10.2. The van der Waals surface area contributed by atoms with E-state index in [1.807, 2.05) is 7.05 Å². The maximum Gasteiger partial charge on any atom is 0.225 e. The van der Waals surface area contributed by atoms with Gasteiger partial charge in [-0.25, -0.2) is 4.98 Å². The second-order valence-electron chi connectivity index (χ2n) is 5.94. The van der Waals surface area contributed by atoms with Crippen LogP contribution in [-0.2, 0) is 0 Å². The van der Waals surface area contributed by atoms with Crippen molar-refractivity contribution < 1.29 is 5.11 Å². The molecule has 1 saturated carbocycles. The average Bonchev–Trinajstić information content (AvgIpc) is 3.10. The number of aliphatic hydroxyl groups is 1. The Bertz CT molecular complexity index is 634. The minimum absolute atomic E-state index is 0.0160. The third-order valence-electron chi connectivity index (χ3n) is 4.37. The van der Waals surface area contributed by atoms with E-state index < -0.39 is 0 Å². The van der Waals surface area contributed by atoms with Crippen LogP contribution in [0.4, 0.5) is 11.8 Å². The Morgan fingerprint density at radius 3 is 2.76 bits per heavy atom. The van der Waals surface area contributed by atoms with E-state index in [-0.39, 0.29) is 12.0 Å². The van der Waals surface area contributed by atoms with Crippen molar-refractivity contribution in [2.75, 3.05) is 30.8 Å². The van der Waals surface area contributed by atoms with Gasteiger partial charge in [-0.2, -0.15) is 4.98 Å². The molecule has 2 heterocycles. The summed E-state index contributed by atoms with van der Waals surface area (Å²) >= 11 is 1.68. The number of nitrogens with one attached hydrogen (secondary N) is 2. The van der Waals surface area contributed by atoms with Crippen LogP contribution in [0.15, 0.2) is 6.07 Å². The summed E-state index contributed by atoms with van der Waals surface area (Å²) in [5.41, 5.74) is 0.0160. The smallest absolute Gasteiger partial charge is 0.225 e. The lowest BCUT2D eigenvalue weighted by atomic mass is 9.87. The van der Waals surface area contributed by atoms with E-state index in [1.165, 1.54) is 17.7 Å². The zero-order chi connectivity index (χ0) is 14.9. The molecular weight excluding hydrogens is 284 g/mol. The topological polar surface area (TPSA) is 70.1 Å². The third-order valence-corrected chi connectivity index (χ3v) is 5.31. The highest BCUT2D eigenvalue weighted by molar-refractivity contribution is 7.18. The van der Waals surface area contributed by atoms with E-state index >= 15 is 0 Å². The number of thiophene rings is 1. The van der Waals surface area contributed by atoms with Crippen LogP contribution in [0.25, 0.3) is 10.2 Å². The van der Waals surface area contributed by atoms with E-state index in [9.17, 15) is 5.11 Å². The zero-order valence-corrected chi connectivity index (χ0v) is 13.4. The van der Waals surface area contributed by atoms with E-state index in [2.05, 4.69) is 33.6 Å². The summed E-state index contributed by atoms with van der Waals surface area (Å²) in [5.74, 6) is 1.50. The number of nitrogens with zero attached hydrogens (tertiary/aromatic N) is 2. The Morgan fingerprint density at radius 2 is 2.10 bits per heavy atom. The summed E-state index contributed by atoms with van der Waals surface area (Å²) in [6.07, 6.45) is 4.60. The van der Waals surface area contributed by atoms with Crippen molar-refractivity contribution in [1.29, 1.82) is 0 Å². The summed E-state index contributed by atoms with van der Waals surface area (Å²) in [7, 11) is 1.83. The maximum atomic E-state index is 9.73. The molecule has 0 atom stereocenters. The first kappa shape index (κ1) is 14.5. The summed E-state index contributed by atoms with van der Waals surface area (Å²) in [6, 6.07) is 2.13. The molecule has 2 aromatic rings. The molecule has 0 bridgehead atoms. The van der Waals surface area contributed by atoms with E-state index in [4.69, 9.17) is 0 Å². The molecule has 114 valence electrons. The molecule has 5 nitrogen and oxygen atoms in total. The van der Waals surface area contributed by atoms with Crippen LogP contribution in [0, 0.1) is 12.3 Å². The molecule has 21 heavy (non-hydrogen) atoms. The highest BCUT2D eigenvalue weighted by Gasteiger charge is 2.33. The predicted molar refractivity (Wildman–Crippen MR) is 88.2 cm³/mol. The van der Waals surface area contributed by atoms with Crippen molar-refractivity contribution in [2.45, 2.75) is 32.6 Å². The largest absolute Gasteiger partial charge is 0.396 e. The lowest BCUT2D eigenvalue weighted by molar-refractivity contribution is 0.142. The zero-order valence-electron chi connectivity index (χ0n) is 12.6. The summed E-state index contributed by atoms with van der Waals surface area (Å²) in [5, 5.41) is 17.3. The Kier molecular flexibility index (Phi) is 3.99. The highest BCUT2D eigenvalue weighted by Crippen LogP contribution is 2.38. The van der Waals surface area contributed by atoms with Gasteiger partial charge in [-0.15, -0.1) is 11.3 Å². The average molecular weight is 306 g/mol. The predicted octanol–water partition coefficient (Wildman–Crippen LogP) is 3.01. The first-order valence-corrected chi connectivity index (χ1v) is 8.28. The number of rotatable bonds is 5. The minimum atomic E-state index is 0.0160. The molecule has 0 spiro atoms. The number of fused-ring (bicyclic) bond motifs is 1. The van der Waals surface area contributed by atoms with Gasteiger partial charge in [-0.1, -0.05) is 12.8 Å². The Balaban J connectivity index is 1.88. The van der Waals surface area contributed by atoms with Crippen LogP contribution in [0.5, 0.6) is 0 Å². The monoisotopic (exact) mass is 306 g/mol. The van der Waals surface area contributed by atoms with Crippen LogP contribution < -0.4 is 10.6 Å². The Labute approximate surface area is 128 Å². The van der Waals surface area contributed by atoms with Crippen molar-refractivity contribution >= 4 is 33.3 Å². The molecular formula is C15H22N4OS. The number of aliphatic hydroxyl groups excluding tert-OH is 1. The van der Waals surface area contributed by atoms with Gasteiger partial charge in [0.25, 0.3) is 0 Å². The molecule has 3 N–H and O–H groups in total. The van der Waals surface area contributed by atoms with Crippen LogP contribution in [0.3, 0.4) is 0 Å². The van der Waals surface area contributed by atoms with Crippen LogP contribution in [0.1, 0.15) is 30.6 Å². The maximum absolute atomic E-state index is 9.73. The van der Waals surface area contributed by atoms with Crippen molar-refractivity contribution in [3.05, 3.63) is 10.9 Å². The Hall–Kier alpha value is -1.40. The third kappa shape index (κ3) is 2.82. The summed E-state index contributed by atoms with van der Waals surface area (Å²) in [4.78, 5) is 11.3. The fourth-order valence-corrected chi connectivity index (χ4v) is 3.95. The van der Waals surface area contributed by atoms with Gasteiger partial charge in [0.15, 0.2) is 0 Å². The Morgan fingerprint density at radius 1 is 1.33 bits per heavy atom. The van der Waals surface area contributed by atoms with Crippen molar-refractivity contribution in [3.63, 3.8) is 0 Å². The summed E-state index contributed by atoms with van der Waals surface area (Å²) in [6.45, 7) is 3.10. The number of aromatic nitrogens is 2. The number of anilines is 2. The molecule has 0 unspecified atom stereocenters. The minimum Gasteiger partial charge on any atom is -0.396 e. The van der Waals surface area contributed by atoms with Crippen molar-refractivity contribution in [3.8, 4) is 0 Å². The van der Waals surface area contributed by atoms with Gasteiger partial charge in [-0.3, -0.25) is 0 Å². The molecule has 2 aromatic heterocycles. The molecule has 0 radical (unpaired) electrons. The molecule has 0 aromatic carbocycles. The fourth-order valence-electron chi connectivity index (χ4n) is 3.08. The molecule has 0 saturated heterocycles. The number of hydrogen-bond acceptors (Lipinski definition) is 6. The molecule has 0 amide bonds. The molecule has 1 aliphatic rings. The van der Waals surface area contributed by atoms with Gasteiger partial charge in [-0.05, 0) is 25.8 Å². The van der Waals surface area contributed by atoms with E-state index in [0.717, 1.165) is 35.4 Å². The van der Waals surface area contributed by atoms with Gasteiger partial charge in [0.2, 0.25) is 5.95 Å². The highest BCUT2D eigenvalue weighted by atomic mass is 32.1. The number of hydrogen-bond donors (Lipinski definition) is 3. The van der Waals surface area contributed by atoms with Gasteiger partial charge in [0, 0.05) is 23.9 Å². The quantitative estimate of drug-likeness (QED) is 0.792. The molecule has 6 heteroatoms. The van der Waals surface area contributed by atoms with Gasteiger partial charge >= 0.3 is 0 Å². The normalized spacial score (nSPS) is 17.3. The SMILES string of the molecule is CNc1nc(NCC2(CO)CCCC2)c2cc(C)sc2n1.